The van der Waals surface area contributed by atoms with Gasteiger partial charge in [-0.3, -0.25) is 14.9 Å². The van der Waals surface area contributed by atoms with Crippen LogP contribution in [0.3, 0.4) is 0 Å². The molecule has 1 aromatic carbocycles. The predicted molar refractivity (Wildman–Crippen MR) is 75.7 cm³/mol. The summed E-state index contributed by atoms with van der Waals surface area (Å²) in [5.41, 5.74) is 1.06. The summed E-state index contributed by atoms with van der Waals surface area (Å²) in [5, 5.41) is 22.0. The third-order valence-electron chi connectivity index (χ3n) is 4.97. The quantitative estimate of drug-likeness (QED) is 0.767. The minimum absolute atomic E-state index is 0.0172. The Balaban J connectivity index is 1.77. The van der Waals surface area contributed by atoms with E-state index in [0.29, 0.717) is 19.4 Å². The molecular formula is C16H19NO4. The number of fused-ring (bicyclic) bond motifs is 1. The number of hydrogen-bond donors (Lipinski definition) is 3. The fourth-order valence-corrected chi connectivity index (χ4v) is 3.92. The van der Waals surface area contributed by atoms with Crippen molar-refractivity contribution in [3.63, 3.8) is 0 Å². The molecule has 2 aliphatic rings. The Bertz CT molecular complexity index is 600. The van der Waals surface area contributed by atoms with Gasteiger partial charge in [0.2, 0.25) is 0 Å². The molecule has 0 aliphatic heterocycles. The molecule has 0 heterocycles. The van der Waals surface area contributed by atoms with Gasteiger partial charge in [-0.15, -0.1) is 0 Å². The largest absolute Gasteiger partial charge is 0.481 e. The van der Waals surface area contributed by atoms with Crippen molar-refractivity contribution in [2.75, 3.05) is 0 Å². The number of benzene rings is 1. The van der Waals surface area contributed by atoms with Crippen LogP contribution in [0.4, 0.5) is 0 Å². The van der Waals surface area contributed by atoms with Gasteiger partial charge in [-0.05, 0) is 31.2 Å². The molecule has 5 nitrogen and oxygen atoms in total. The third-order valence-corrected chi connectivity index (χ3v) is 4.97. The van der Waals surface area contributed by atoms with Crippen LogP contribution in [0.25, 0.3) is 0 Å². The maximum atomic E-state index is 11.8. The molecule has 0 spiro atoms. The van der Waals surface area contributed by atoms with Gasteiger partial charge in [0.25, 0.3) is 0 Å². The predicted octanol–water partition coefficient (Wildman–Crippen LogP) is 1.65. The van der Waals surface area contributed by atoms with Crippen LogP contribution in [0.1, 0.15) is 24.0 Å². The van der Waals surface area contributed by atoms with Gasteiger partial charge in [0.05, 0.1) is 5.92 Å². The van der Waals surface area contributed by atoms with E-state index in [2.05, 4.69) is 5.32 Å². The fraction of sp³-hybridized carbons (Fsp3) is 0.500. The first-order valence-corrected chi connectivity index (χ1v) is 7.22. The maximum absolute atomic E-state index is 11.8. The Kier molecular flexibility index (Phi) is 3.24. The van der Waals surface area contributed by atoms with Crippen LogP contribution in [0.5, 0.6) is 0 Å². The van der Waals surface area contributed by atoms with Crippen molar-refractivity contribution in [1.82, 2.24) is 5.32 Å². The van der Waals surface area contributed by atoms with Crippen molar-refractivity contribution >= 4 is 11.9 Å². The highest BCUT2D eigenvalue weighted by molar-refractivity contribution is 5.85. The van der Waals surface area contributed by atoms with Gasteiger partial charge in [0.15, 0.2) is 0 Å². The molecule has 112 valence electrons. The van der Waals surface area contributed by atoms with Crippen LogP contribution in [-0.4, -0.2) is 27.7 Å². The number of hydrogen-bond acceptors (Lipinski definition) is 3. The summed E-state index contributed by atoms with van der Waals surface area (Å²) in [6.45, 7) is 2.44. The first kappa shape index (κ1) is 14.1. The average Bonchev–Trinajstić information content (AvgIpc) is 3.04. The Morgan fingerprint density at radius 2 is 2.14 bits per heavy atom. The van der Waals surface area contributed by atoms with E-state index < -0.39 is 23.4 Å². The van der Waals surface area contributed by atoms with Gasteiger partial charge in [0, 0.05) is 12.5 Å². The number of rotatable bonds is 5. The molecule has 2 aliphatic carbocycles. The second-order valence-electron chi connectivity index (χ2n) is 6.21. The molecule has 3 rings (SSSR count). The van der Waals surface area contributed by atoms with E-state index in [1.807, 2.05) is 31.2 Å². The molecule has 0 saturated heterocycles. The highest BCUT2D eigenvalue weighted by Crippen LogP contribution is 2.62. The Hall–Kier alpha value is -1.88. The Morgan fingerprint density at radius 3 is 2.71 bits per heavy atom. The van der Waals surface area contributed by atoms with Crippen LogP contribution in [-0.2, 0) is 16.1 Å². The molecule has 2 fully saturated rings. The smallest absolute Gasteiger partial charge is 0.324 e. The molecular weight excluding hydrogens is 270 g/mol. The van der Waals surface area contributed by atoms with E-state index in [-0.39, 0.29) is 11.8 Å². The molecule has 1 aromatic rings. The van der Waals surface area contributed by atoms with Crippen molar-refractivity contribution in [2.45, 2.75) is 31.8 Å². The first-order chi connectivity index (χ1) is 9.95. The summed E-state index contributed by atoms with van der Waals surface area (Å²) in [7, 11) is 0. The van der Waals surface area contributed by atoms with Crippen molar-refractivity contribution in [2.24, 2.45) is 17.8 Å². The standard InChI is InChI=1S/C16H19NO4/c1-9-3-2-4-10(7-9)8-17-16(15(20)21)6-5-11-12(13(11)16)14(18)19/h2-4,7,11-13,17H,5-6,8H2,1H3,(H,18,19)(H,20,21). The number of aliphatic carboxylic acids is 2. The first-order valence-electron chi connectivity index (χ1n) is 7.22. The molecule has 0 bridgehead atoms. The summed E-state index contributed by atoms with van der Waals surface area (Å²) in [6.07, 6.45) is 1.18. The SMILES string of the molecule is Cc1cccc(CNC2(C(=O)O)CCC3C(C(=O)O)C32)c1. The number of carbonyl (C=O) groups is 2. The zero-order chi connectivity index (χ0) is 15.2. The summed E-state index contributed by atoms with van der Waals surface area (Å²) in [4.78, 5) is 22.9. The van der Waals surface area contributed by atoms with Gasteiger partial charge in [-0.2, -0.15) is 0 Å². The summed E-state index contributed by atoms with van der Waals surface area (Å²) in [6, 6.07) is 7.89. The normalized spacial score (nSPS) is 33.5. The van der Waals surface area contributed by atoms with Crippen molar-refractivity contribution in [3.05, 3.63) is 35.4 Å². The molecule has 5 heteroatoms. The minimum Gasteiger partial charge on any atom is -0.481 e. The lowest BCUT2D eigenvalue weighted by Crippen LogP contribution is -2.53. The second kappa shape index (κ2) is 4.84. The highest BCUT2D eigenvalue weighted by Gasteiger charge is 2.71. The zero-order valence-electron chi connectivity index (χ0n) is 11.9. The van der Waals surface area contributed by atoms with E-state index >= 15 is 0 Å². The maximum Gasteiger partial charge on any atom is 0.324 e. The van der Waals surface area contributed by atoms with Crippen molar-refractivity contribution in [3.8, 4) is 0 Å². The molecule has 0 radical (unpaired) electrons. The Labute approximate surface area is 123 Å². The summed E-state index contributed by atoms with van der Waals surface area (Å²) < 4.78 is 0. The van der Waals surface area contributed by atoms with Crippen LogP contribution in [0.15, 0.2) is 24.3 Å². The van der Waals surface area contributed by atoms with E-state index in [0.717, 1.165) is 11.1 Å². The van der Waals surface area contributed by atoms with Gasteiger partial charge < -0.3 is 10.2 Å². The number of aryl methyl sites for hydroxylation is 1. The highest BCUT2D eigenvalue weighted by atomic mass is 16.4. The van der Waals surface area contributed by atoms with Gasteiger partial charge in [0.1, 0.15) is 5.54 Å². The number of carboxylic acids is 2. The van der Waals surface area contributed by atoms with Crippen molar-refractivity contribution < 1.29 is 19.8 Å². The molecule has 4 unspecified atom stereocenters. The van der Waals surface area contributed by atoms with Gasteiger partial charge in [-0.25, -0.2) is 0 Å². The van der Waals surface area contributed by atoms with Crippen LogP contribution in [0, 0.1) is 24.7 Å². The Morgan fingerprint density at radius 1 is 1.38 bits per heavy atom. The van der Waals surface area contributed by atoms with Crippen LogP contribution < -0.4 is 5.32 Å². The number of nitrogens with one attached hydrogen (secondary N) is 1. The van der Waals surface area contributed by atoms with E-state index in [9.17, 15) is 19.8 Å². The molecule has 0 aromatic heterocycles. The molecule has 0 amide bonds. The lowest BCUT2D eigenvalue weighted by atomic mass is 9.90. The molecule has 4 atom stereocenters. The minimum atomic E-state index is -1.09. The lowest BCUT2D eigenvalue weighted by Gasteiger charge is -2.28. The molecule has 2 saturated carbocycles. The van der Waals surface area contributed by atoms with Gasteiger partial charge >= 0.3 is 11.9 Å². The zero-order valence-corrected chi connectivity index (χ0v) is 11.9. The topological polar surface area (TPSA) is 86.6 Å². The summed E-state index contributed by atoms with van der Waals surface area (Å²) in [5.74, 6) is -2.56. The average molecular weight is 289 g/mol. The third kappa shape index (κ3) is 2.21. The second-order valence-corrected chi connectivity index (χ2v) is 6.21. The molecule has 3 N–H and O–H groups in total. The van der Waals surface area contributed by atoms with E-state index in [1.165, 1.54) is 0 Å². The van der Waals surface area contributed by atoms with Crippen molar-refractivity contribution in [1.29, 1.82) is 0 Å². The lowest BCUT2D eigenvalue weighted by molar-refractivity contribution is -0.147. The van der Waals surface area contributed by atoms with E-state index in [1.54, 1.807) is 0 Å². The van der Waals surface area contributed by atoms with E-state index in [4.69, 9.17) is 0 Å². The summed E-state index contributed by atoms with van der Waals surface area (Å²) >= 11 is 0. The number of carboxylic acid groups (broad SMARTS) is 2. The van der Waals surface area contributed by atoms with Crippen LogP contribution >= 0.6 is 0 Å². The monoisotopic (exact) mass is 289 g/mol. The van der Waals surface area contributed by atoms with Crippen LogP contribution in [0.2, 0.25) is 0 Å². The fourth-order valence-electron chi connectivity index (χ4n) is 3.92. The molecule has 21 heavy (non-hydrogen) atoms. The van der Waals surface area contributed by atoms with Gasteiger partial charge in [-0.1, -0.05) is 29.8 Å².